The van der Waals surface area contributed by atoms with Crippen LogP contribution in [-0.4, -0.2) is 23.3 Å². The highest BCUT2D eigenvalue weighted by atomic mass is 35.5. The van der Waals surface area contributed by atoms with E-state index >= 15 is 0 Å². The lowest BCUT2D eigenvalue weighted by Gasteiger charge is -2.19. The van der Waals surface area contributed by atoms with E-state index in [4.69, 9.17) is 21.4 Å². The number of carboxylic acid groups (broad SMARTS) is 1. The van der Waals surface area contributed by atoms with E-state index in [1.807, 2.05) is 0 Å². The number of hydrogen-bond acceptors (Lipinski definition) is 3. The molecule has 0 unspecified atom stereocenters. The minimum absolute atomic E-state index is 0.209. The molecule has 0 aromatic heterocycles. The number of benzene rings is 1. The number of carbonyl (C=O) groups is 1. The largest absolute Gasteiger partial charge is 0.495 e. The number of methoxy groups -OCH3 is 1. The smallest absolute Gasteiger partial charge is 0.340 e. The molecule has 0 radical (unpaired) electrons. The lowest BCUT2D eigenvalue weighted by molar-refractivity contribution is -0.157. The highest BCUT2D eigenvalue weighted by molar-refractivity contribution is 6.32. The molecule has 1 aromatic rings. The van der Waals surface area contributed by atoms with Gasteiger partial charge in [-0.25, -0.2) is 4.79 Å². The van der Waals surface area contributed by atoms with Gasteiger partial charge in [-0.15, -0.1) is 0 Å². The molecule has 4 nitrogen and oxygen atoms in total. The summed E-state index contributed by atoms with van der Waals surface area (Å²) in [6, 6.07) is 4.34. The van der Waals surface area contributed by atoms with Crippen LogP contribution in [0.3, 0.4) is 0 Å². The SMILES string of the molecule is COc1ccc([C@](C)(O)C(=O)O)cc1Cl. The summed E-state index contributed by atoms with van der Waals surface area (Å²) in [6.45, 7) is 1.19. The predicted molar refractivity (Wildman–Crippen MR) is 55.2 cm³/mol. The maximum absolute atomic E-state index is 10.8. The van der Waals surface area contributed by atoms with Gasteiger partial charge >= 0.3 is 5.97 Å². The van der Waals surface area contributed by atoms with Crippen molar-refractivity contribution in [2.24, 2.45) is 0 Å². The summed E-state index contributed by atoms with van der Waals surface area (Å²) in [5.41, 5.74) is -1.74. The second-order valence-electron chi connectivity index (χ2n) is 3.23. The Bertz CT molecular complexity index is 387. The average Bonchev–Trinajstić information content (AvgIpc) is 2.17. The number of rotatable bonds is 3. The van der Waals surface area contributed by atoms with Crippen LogP contribution >= 0.6 is 11.6 Å². The summed E-state index contributed by atoms with van der Waals surface area (Å²) in [5.74, 6) is -0.898. The van der Waals surface area contributed by atoms with Crippen LogP contribution in [0.2, 0.25) is 5.02 Å². The quantitative estimate of drug-likeness (QED) is 0.829. The van der Waals surface area contributed by atoms with Crippen molar-refractivity contribution in [1.82, 2.24) is 0 Å². The molecule has 0 aliphatic heterocycles. The topological polar surface area (TPSA) is 66.8 Å². The Balaban J connectivity index is 3.18. The zero-order chi connectivity index (χ0) is 11.6. The standard InChI is InChI=1S/C10H11ClO4/c1-10(14,9(12)13)6-3-4-8(15-2)7(11)5-6/h3-5,14H,1-2H3,(H,12,13)/t10-/m0/s1. The lowest BCUT2D eigenvalue weighted by Crippen LogP contribution is -2.31. The van der Waals surface area contributed by atoms with Crippen LogP contribution < -0.4 is 4.74 Å². The number of hydrogen-bond donors (Lipinski definition) is 2. The normalized spacial score (nSPS) is 14.4. The Kier molecular flexibility index (Phi) is 3.21. The van der Waals surface area contributed by atoms with Gasteiger partial charge < -0.3 is 14.9 Å². The molecule has 82 valence electrons. The van der Waals surface area contributed by atoms with Crippen LogP contribution in [0.1, 0.15) is 12.5 Å². The summed E-state index contributed by atoms with van der Waals surface area (Å²) >= 11 is 5.81. The molecule has 0 saturated heterocycles. The van der Waals surface area contributed by atoms with Crippen molar-refractivity contribution in [3.05, 3.63) is 28.8 Å². The van der Waals surface area contributed by atoms with E-state index in [1.54, 1.807) is 0 Å². The van der Waals surface area contributed by atoms with Gasteiger partial charge in [0.2, 0.25) is 0 Å². The summed E-state index contributed by atoms with van der Waals surface area (Å²) in [6.07, 6.45) is 0. The first-order chi connectivity index (χ1) is 6.89. The van der Waals surface area contributed by atoms with Crippen molar-refractivity contribution >= 4 is 17.6 Å². The maximum Gasteiger partial charge on any atom is 0.340 e. The van der Waals surface area contributed by atoms with E-state index in [0.29, 0.717) is 5.75 Å². The molecule has 0 saturated carbocycles. The van der Waals surface area contributed by atoms with E-state index in [9.17, 15) is 9.90 Å². The Labute approximate surface area is 92.1 Å². The van der Waals surface area contributed by atoms with Gasteiger partial charge in [0.05, 0.1) is 12.1 Å². The Morgan fingerprint density at radius 2 is 2.13 bits per heavy atom. The molecule has 0 aliphatic rings. The highest BCUT2D eigenvalue weighted by Gasteiger charge is 2.32. The predicted octanol–water partition coefficient (Wildman–Crippen LogP) is 1.64. The molecule has 2 N–H and O–H groups in total. The van der Waals surface area contributed by atoms with Crippen LogP contribution in [0.5, 0.6) is 5.75 Å². The van der Waals surface area contributed by atoms with E-state index in [0.717, 1.165) is 0 Å². The third-order valence-electron chi connectivity index (χ3n) is 2.13. The first-order valence-corrected chi connectivity index (χ1v) is 4.57. The maximum atomic E-state index is 10.8. The van der Waals surface area contributed by atoms with Crippen molar-refractivity contribution in [3.8, 4) is 5.75 Å². The average molecular weight is 231 g/mol. The number of carboxylic acids is 1. The van der Waals surface area contributed by atoms with Crippen molar-refractivity contribution in [2.75, 3.05) is 7.11 Å². The van der Waals surface area contributed by atoms with Gasteiger partial charge in [0, 0.05) is 0 Å². The third-order valence-corrected chi connectivity index (χ3v) is 2.43. The molecule has 1 rings (SSSR count). The van der Waals surface area contributed by atoms with Crippen molar-refractivity contribution in [2.45, 2.75) is 12.5 Å². The molecule has 15 heavy (non-hydrogen) atoms. The number of halogens is 1. The summed E-state index contributed by atoms with van der Waals surface area (Å²) < 4.78 is 4.91. The fourth-order valence-corrected chi connectivity index (χ4v) is 1.35. The third kappa shape index (κ3) is 2.22. The molecule has 1 atom stereocenters. The van der Waals surface area contributed by atoms with E-state index in [-0.39, 0.29) is 10.6 Å². The second-order valence-corrected chi connectivity index (χ2v) is 3.63. The van der Waals surface area contributed by atoms with E-state index < -0.39 is 11.6 Å². The first-order valence-electron chi connectivity index (χ1n) is 4.19. The summed E-state index contributed by atoms with van der Waals surface area (Å²) in [4.78, 5) is 10.8. The first kappa shape index (κ1) is 11.8. The van der Waals surface area contributed by atoms with Gasteiger partial charge in [-0.1, -0.05) is 17.7 Å². The molecule has 0 amide bonds. The minimum Gasteiger partial charge on any atom is -0.495 e. The second kappa shape index (κ2) is 4.08. The molecule has 1 aromatic carbocycles. The fraction of sp³-hybridized carbons (Fsp3) is 0.300. The molecule has 0 spiro atoms. The van der Waals surface area contributed by atoms with Gasteiger partial charge in [0.25, 0.3) is 0 Å². The van der Waals surface area contributed by atoms with Gasteiger partial charge in [0.15, 0.2) is 5.60 Å². The fourth-order valence-electron chi connectivity index (χ4n) is 1.09. The van der Waals surface area contributed by atoms with Crippen LogP contribution in [-0.2, 0) is 10.4 Å². The van der Waals surface area contributed by atoms with Gasteiger partial charge in [-0.3, -0.25) is 0 Å². The molecule has 0 heterocycles. The van der Waals surface area contributed by atoms with Gasteiger partial charge in [-0.2, -0.15) is 0 Å². The molecule has 0 fully saturated rings. The van der Waals surface area contributed by atoms with Crippen LogP contribution in [0.15, 0.2) is 18.2 Å². The monoisotopic (exact) mass is 230 g/mol. The number of aliphatic hydroxyl groups is 1. The Morgan fingerprint density at radius 1 is 1.53 bits per heavy atom. The molecule has 0 bridgehead atoms. The van der Waals surface area contributed by atoms with Gasteiger partial charge in [0.1, 0.15) is 5.75 Å². The van der Waals surface area contributed by atoms with Crippen LogP contribution in [0.4, 0.5) is 0 Å². The highest BCUT2D eigenvalue weighted by Crippen LogP contribution is 2.30. The van der Waals surface area contributed by atoms with E-state index in [2.05, 4.69) is 0 Å². The number of ether oxygens (including phenoxy) is 1. The van der Waals surface area contributed by atoms with Crippen molar-refractivity contribution in [1.29, 1.82) is 0 Å². The molecule has 5 heteroatoms. The molecule has 0 aliphatic carbocycles. The summed E-state index contributed by atoms with van der Waals surface area (Å²) in [7, 11) is 1.45. The molecular weight excluding hydrogens is 220 g/mol. The Morgan fingerprint density at radius 3 is 2.53 bits per heavy atom. The summed E-state index contributed by atoms with van der Waals surface area (Å²) in [5, 5.41) is 18.7. The van der Waals surface area contributed by atoms with Crippen LogP contribution in [0, 0.1) is 0 Å². The zero-order valence-corrected chi connectivity index (χ0v) is 9.08. The lowest BCUT2D eigenvalue weighted by atomic mass is 9.96. The van der Waals surface area contributed by atoms with E-state index in [1.165, 1.54) is 32.2 Å². The molecular formula is C10H11ClO4. The zero-order valence-electron chi connectivity index (χ0n) is 8.32. The minimum atomic E-state index is -1.95. The number of aliphatic carboxylic acids is 1. The Hall–Kier alpha value is -1.26. The van der Waals surface area contributed by atoms with Gasteiger partial charge in [-0.05, 0) is 24.6 Å². The van der Waals surface area contributed by atoms with Crippen LogP contribution in [0.25, 0.3) is 0 Å². The van der Waals surface area contributed by atoms with Crippen molar-refractivity contribution < 1.29 is 19.7 Å². The van der Waals surface area contributed by atoms with Crippen molar-refractivity contribution in [3.63, 3.8) is 0 Å².